The summed E-state index contributed by atoms with van der Waals surface area (Å²) in [5.74, 6) is -0.0857. The van der Waals surface area contributed by atoms with Crippen molar-refractivity contribution in [3.8, 4) is 11.1 Å². The number of hydrogen-bond donors (Lipinski definition) is 2. The fourth-order valence-corrected chi connectivity index (χ4v) is 4.66. The highest BCUT2D eigenvalue weighted by Gasteiger charge is 2.38. The zero-order valence-electron chi connectivity index (χ0n) is 22.1. The van der Waals surface area contributed by atoms with E-state index >= 15 is 0 Å². The van der Waals surface area contributed by atoms with E-state index in [1.54, 1.807) is 18.2 Å². The molecular weight excluding hydrogens is 517 g/mol. The summed E-state index contributed by atoms with van der Waals surface area (Å²) >= 11 is 12.5. The van der Waals surface area contributed by atoms with Crippen molar-refractivity contribution in [2.45, 2.75) is 52.6 Å². The number of aryl methyl sites for hydroxylation is 1. The minimum atomic E-state index is -0.615. The Hall–Kier alpha value is -2.46. The molecule has 2 fully saturated rings. The van der Waals surface area contributed by atoms with Gasteiger partial charge in [0.25, 0.3) is 12.4 Å². The van der Waals surface area contributed by atoms with Crippen molar-refractivity contribution in [1.29, 1.82) is 0 Å². The van der Waals surface area contributed by atoms with Gasteiger partial charge in [-0.1, -0.05) is 35.3 Å². The van der Waals surface area contributed by atoms with Crippen LogP contribution in [0.15, 0.2) is 18.2 Å². The molecule has 4 rings (SSSR count). The van der Waals surface area contributed by atoms with Crippen LogP contribution in [0.2, 0.25) is 10.0 Å². The average molecular weight is 555 g/mol. The topological polar surface area (TPSA) is 134 Å². The van der Waals surface area contributed by atoms with E-state index in [2.05, 4.69) is 25.3 Å². The van der Waals surface area contributed by atoms with Crippen molar-refractivity contribution in [1.82, 2.24) is 9.97 Å². The molecule has 0 atom stereocenters. The molecule has 0 unspecified atom stereocenters. The van der Waals surface area contributed by atoms with Gasteiger partial charge in [0.2, 0.25) is 5.95 Å². The molecule has 1 amide bonds. The summed E-state index contributed by atoms with van der Waals surface area (Å²) in [7, 11) is 1.50. The molecule has 204 valence electrons. The molecule has 2 aliphatic rings. The van der Waals surface area contributed by atoms with Crippen LogP contribution in [0.1, 0.15) is 56.2 Å². The molecule has 11 heteroatoms. The Morgan fingerprint density at radius 2 is 1.81 bits per heavy atom. The number of piperidine rings is 1. The predicted octanol–water partition coefficient (Wildman–Crippen LogP) is 4.40. The van der Waals surface area contributed by atoms with E-state index < -0.39 is 5.91 Å². The zero-order chi connectivity index (χ0) is 27.8. The van der Waals surface area contributed by atoms with E-state index in [4.69, 9.17) is 33.7 Å². The monoisotopic (exact) mass is 553 g/mol. The number of ether oxygens (including phenoxy) is 2. The maximum absolute atomic E-state index is 12.2. The van der Waals surface area contributed by atoms with Gasteiger partial charge in [0.05, 0.1) is 22.3 Å². The summed E-state index contributed by atoms with van der Waals surface area (Å²) in [5.41, 5.74) is 12.1. The highest BCUT2D eigenvalue weighted by Crippen LogP contribution is 2.41. The normalized spacial score (nSPS) is 16.3. The lowest BCUT2D eigenvalue weighted by Crippen LogP contribution is -2.41. The van der Waals surface area contributed by atoms with Crippen molar-refractivity contribution < 1.29 is 19.1 Å². The van der Waals surface area contributed by atoms with Crippen molar-refractivity contribution in [2.75, 3.05) is 38.3 Å². The fraction of sp³-hybridized carbons (Fsp3) is 0.538. The first-order chi connectivity index (χ1) is 17.5. The van der Waals surface area contributed by atoms with E-state index in [1.165, 1.54) is 7.05 Å². The lowest BCUT2D eigenvalue weighted by atomic mass is 9.78. The maximum atomic E-state index is 12.2. The number of carbonyl (C=O) groups is 2. The van der Waals surface area contributed by atoms with Gasteiger partial charge in [0.15, 0.2) is 0 Å². The van der Waals surface area contributed by atoms with Gasteiger partial charge < -0.3 is 25.8 Å². The van der Waals surface area contributed by atoms with Crippen LogP contribution in [0.5, 0.6) is 0 Å². The summed E-state index contributed by atoms with van der Waals surface area (Å²) < 4.78 is 10.1. The van der Waals surface area contributed by atoms with Crippen molar-refractivity contribution in [2.24, 2.45) is 16.9 Å². The van der Waals surface area contributed by atoms with E-state index in [0.717, 1.165) is 45.6 Å². The Bertz CT molecular complexity index is 1080. The molecule has 0 bridgehead atoms. The molecule has 0 aliphatic carbocycles. The number of hydrogen-bond acceptors (Lipinski definition) is 8. The van der Waals surface area contributed by atoms with Crippen LogP contribution in [0, 0.1) is 12.3 Å². The summed E-state index contributed by atoms with van der Waals surface area (Å²) in [6, 6.07) is 5.25. The van der Waals surface area contributed by atoms with Crippen molar-refractivity contribution in [3.63, 3.8) is 0 Å². The summed E-state index contributed by atoms with van der Waals surface area (Å²) in [6.45, 7) is 11.1. The summed E-state index contributed by atoms with van der Waals surface area (Å²) in [4.78, 5) is 33.1. The minimum absolute atomic E-state index is 0.163. The van der Waals surface area contributed by atoms with Crippen LogP contribution < -0.4 is 16.4 Å². The number of carbonyl (C=O) groups excluding carboxylic acids is 2. The number of primary amides is 1. The third-order valence-corrected chi connectivity index (χ3v) is 7.04. The Labute approximate surface area is 228 Å². The van der Waals surface area contributed by atoms with Crippen LogP contribution in [0.4, 0.5) is 5.95 Å². The Balaban J connectivity index is 0.000000465. The predicted molar refractivity (Wildman–Crippen MR) is 147 cm³/mol. The van der Waals surface area contributed by atoms with E-state index in [0.29, 0.717) is 39.3 Å². The van der Waals surface area contributed by atoms with Gasteiger partial charge in [-0.25, -0.2) is 9.97 Å². The van der Waals surface area contributed by atoms with Crippen LogP contribution in [-0.2, 0) is 14.3 Å². The van der Waals surface area contributed by atoms with Gasteiger partial charge in [-0.2, -0.15) is 0 Å². The zero-order valence-corrected chi connectivity index (χ0v) is 23.7. The molecule has 1 aromatic heterocycles. The second-order valence-electron chi connectivity index (χ2n) is 9.91. The van der Waals surface area contributed by atoms with E-state index in [1.807, 2.05) is 27.7 Å². The van der Waals surface area contributed by atoms with Crippen LogP contribution in [0.3, 0.4) is 0 Å². The molecule has 4 N–H and O–H groups in total. The summed E-state index contributed by atoms with van der Waals surface area (Å²) in [5, 5.41) is 0.755. The van der Waals surface area contributed by atoms with Gasteiger partial charge in [-0.3, -0.25) is 9.59 Å². The summed E-state index contributed by atoms with van der Waals surface area (Å²) in [6.07, 6.45) is 3.17. The molecular formula is C26H37Cl2N5O4. The first-order valence-corrected chi connectivity index (χ1v) is 12.9. The van der Waals surface area contributed by atoms with Gasteiger partial charge in [0.1, 0.15) is 11.3 Å². The number of nitrogens with two attached hydrogens (primary N) is 2. The van der Waals surface area contributed by atoms with Crippen LogP contribution in [0.25, 0.3) is 11.1 Å². The lowest BCUT2D eigenvalue weighted by molar-refractivity contribution is -0.138. The van der Waals surface area contributed by atoms with Crippen LogP contribution >= 0.6 is 23.2 Å². The Morgan fingerprint density at radius 1 is 1.16 bits per heavy atom. The third kappa shape index (κ3) is 8.01. The smallest absolute Gasteiger partial charge is 0.293 e. The van der Waals surface area contributed by atoms with Gasteiger partial charge in [-0.05, 0) is 65.5 Å². The largest absolute Gasteiger partial charge is 0.462 e. The van der Waals surface area contributed by atoms with Gasteiger partial charge in [-0.15, -0.1) is 0 Å². The van der Waals surface area contributed by atoms with Crippen LogP contribution in [-0.4, -0.2) is 61.3 Å². The molecule has 2 aliphatic heterocycles. The highest BCUT2D eigenvalue weighted by molar-refractivity contribution is 6.43. The fourth-order valence-electron chi connectivity index (χ4n) is 4.27. The Kier molecular flexibility index (Phi) is 11.1. The number of amides is 1. The maximum Gasteiger partial charge on any atom is 0.293 e. The molecule has 3 heterocycles. The average Bonchev–Trinajstić information content (AvgIpc) is 3.30. The quantitative estimate of drug-likeness (QED) is 0.532. The molecule has 0 saturated carbocycles. The SMILES string of the molecule is CC(C)(C)OC=O.CN.Cc1nc(N2CCC3(CCOC3)CC2)nc(C(N)=O)c1-c1cccc(Cl)c1Cl. The molecule has 9 nitrogen and oxygen atoms in total. The number of anilines is 1. The van der Waals surface area contributed by atoms with E-state index in [-0.39, 0.29) is 16.7 Å². The minimum Gasteiger partial charge on any atom is -0.462 e. The number of aromatic nitrogens is 2. The lowest BCUT2D eigenvalue weighted by Gasteiger charge is -2.38. The van der Waals surface area contributed by atoms with Crippen molar-refractivity contribution >= 4 is 41.5 Å². The van der Waals surface area contributed by atoms with Crippen molar-refractivity contribution in [3.05, 3.63) is 39.6 Å². The number of halogens is 2. The second kappa shape index (κ2) is 13.4. The number of benzene rings is 1. The molecule has 1 aromatic carbocycles. The molecule has 1 spiro atoms. The first kappa shape index (κ1) is 30.8. The highest BCUT2D eigenvalue weighted by atomic mass is 35.5. The number of rotatable bonds is 4. The second-order valence-corrected chi connectivity index (χ2v) is 10.7. The molecule has 0 radical (unpaired) electrons. The molecule has 2 aromatic rings. The van der Waals surface area contributed by atoms with E-state index in [9.17, 15) is 9.59 Å². The molecule has 2 saturated heterocycles. The van der Waals surface area contributed by atoms with Gasteiger partial charge in [0, 0.05) is 30.8 Å². The molecule has 37 heavy (non-hydrogen) atoms. The standard InChI is InChI=1S/C20H22Cl2N4O2.C5H10O2.CH5N/c1-12-15(13-3-2-4-14(21)16(13)22)17(18(23)27)25-19(24-12)26-8-5-20(6-9-26)7-10-28-11-20;1-5(2,3)7-4-6;1-2/h2-4H,5-11H2,1H3,(H2,23,27);4H,1-3H3;2H2,1H3. The third-order valence-electron chi connectivity index (χ3n) is 6.23. The number of nitrogens with zero attached hydrogens (tertiary/aromatic N) is 3. The van der Waals surface area contributed by atoms with Gasteiger partial charge >= 0.3 is 0 Å². The first-order valence-electron chi connectivity index (χ1n) is 12.1. The Morgan fingerprint density at radius 3 is 2.30 bits per heavy atom.